The molecule has 17 heteroatoms. The predicted molar refractivity (Wildman–Crippen MR) is 365 cm³/mol. The van der Waals surface area contributed by atoms with Gasteiger partial charge in [-0.1, -0.05) is 48.5 Å². The number of nitrogens with zero attached hydrogens (tertiary/aromatic N) is 12. The van der Waals surface area contributed by atoms with Gasteiger partial charge >= 0.3 is 0 Å². The predicted octanol–water partition coefficient (Wildman–Crippen LogP) is 13.4. The average molecular weight is 1240 g/mol. The van der Waals surface area contributed by atoms with Gasteiger partial charge in [-0.15, -0.1) is 0 Å². The van der Waals surface area contributed by atoms with Crippen molar-refractivity contribution < 1.29 is 19.5 Å². The highest BCUT2D eigenvalue weighted by atomic mass is 16.3. The number of carbonyl (C=O) groups excluding carboxylic acids is 3. The number of rotatable bonds is 12. The van der Waals surface area contributed by atoms with Gasteiger partial charge in [-0.3, -0.25) is 34.1 Å². The van der Waals surface area contributed by atoms with Gasteiger partial charge in [0.05, 0.1) is 57.5 Å². The summed E-state index contributed by atoms with van der Waals surface area (Å²) in [4.78, 5) is 101. The molecule has 0 aliphatic carbocycles. The van der Waals surface area contributed by atoms with Crippen LogP contribution in [0.25, 0.3) is 100 Å². The maximum absolute atomic E-state index is 14.8. The molecule has 1 atom stereocenters. The zero-order valence-electron chi connectivity index (χ0n) is 52.4. The van der Waals surface area contributed by atoms with Gasteiger partial charge in [0.25, 0.3) is 23.3 Å². The van der Waals surface area contributed by atoms with Crippen LogP contribution in [-0.4, -0.2) is 127 Å². The molecule has 0 radical (unpaired) electrons. The molecule has 3 saturated heterocycles. The quantitative estimate of drug-likeness (QED) is 0.121. The van der Waals surface area contributed by atoms with E-state index in [-0.39, 0.29) is 41.7 Å². The third-order valence-corrected chi connectivity index (χ3v) is 18.8. The summed E-state index contributed by atoms with van der Waals surface area (Å²) in [5, 5.41) is 13.3. The standard InChI is InChI=1S/C77H68N12O5/c1-77(2,94)47-89-38-29-53-40-54(17-21-61(53)76(89)93)68-45-80-64-24-20-58(43-67(64)81-68)74(91)87-36-27-49(28-37-87)48-13-15-51(16-14-48)71-82-65-42-57(19-22-62(65)69(84-71)50-25-31-78-32-26-50)75(92)88-35-8-12-60(46-88)52-9-6-10-55(39-52)72-83-66-41-56(73(90)86-33-4-3-5-34-86)18-23-63(66)70(85-72)59-11-7-30-79-44-59/h6-7,9-11,13-26,29-32,38-45,49,60,94H,3-5,8,12,27-28,33-37,46-47H2,1-2H3. The number of hydrogen-bond acceptors (Lipinski definition) is 13. The maximum atomic E-state index is 14.8. The van der Waals surface area contributed by atoms with E-state index in [4.69, 9.17) is 24.9 Å². The molecular weight excluding hydrogens is 1170 g/mol. The molecule has 9 heterocycles. The van der Waals surface area contributed by atoms with Crippen molar-refractivity contribution in [3.63, 3.8) is 0 Å². The first kappa shape index (κ1) is 59.5. The fraction of sp³-hybridized carbons (Fsp3) is 0.247. The van der Waals surface area contributed by atoms with Crippen LogP contribution in [0.2, 0.25) is 0 Å². The molecule has 466 valence electrons. The van der Waals surface area contributed by atoms with Crippen molar-refractivity contribution >= 4 is 61.3 Å². The molecule has 3 fully saturated rings. The summed E-state index contributed by atoms with van der Waals surface area (Å²) in [6, 6.07) is 49.0. The average Bonchev–Trinajstić information content (AvgIpc) is 0.883. The highest BCUT2D eigenvalue weighted by Crippen LogP contribution is 2.37. The summed E-state index contributed by atoms with van der Waals surface area (Å²) in [5.41, 5.74) is 11.8. The SMILES string of the molecule is CC(C)(O)Cn1ccc2cc(-c3cnc4ccc(C(=O)N5CCC(c6ccc(-c7nc(-c8ccncc8)c8ccc(C(=O)N9CCCC(c%10cccc(-c%11nc(-c%12cccnc%12)c%12ccc(C(=O)N%13CCCCC%13)cc%12n%11)c%10)C9)cc8n7)cc6)CC5)cc4n3)ccc2c1=O. The van der Waals surface area contributed by atoms with Crippen molar-refractivity contribution in [3.8, 4) is 56.5 Å². The Hall–Kier alpha value is -10.8. The van der Waals surface area contributed by atoms with Gasteiger partial charge in [0.2, 0.25) is 0 Å². The van der Waals surface area contributed by atoms with Gasteiger partial charge in [0.15, 0.2) is 11.6 Å². The van der Waals surface area contributed by atoms with Crippen molar-refractivity contribution in [1.82, 2.24) is 59.1 Å². The second-order valence-electron chi connectivity index (χ2n) is 25.8. The minimum Gasteiger partial charge on any atom is -0.389 e. The summed E-state index contributed by atoms with van der Waals surface area (Å²) in [6.45, 7) is 7.41. The number of benzene rings is 6. The molecule has 1 unspecified atom stereocenters. The van der Waals surface area contributed by atoms with Crippen molar-refractivity contribution in [2.45, 2.75) is 82.8 Å². The Bertz CT molecular complexity index is 4980. The normalized spacial score (nSPS) is 15.7. The van der Waals surface area contributed by atoms with Crippen LogP contribution in [0.4, 0.5) is 0 Å². The maximum Gasteiger partial charge on any atom is 0.258 e. The minimum absolute atomic E-state index is 0.0263. The van der Waals surface area contributed by atoms with Crippen molar-refractivity contribution in [2.24, 2.45) is 0 Å². The Balaban J connectivity index is 0.636. The number of aromatic nitrogens is 9. The lowest BCUT2D eigenvalue weighted by Gasteiger charge is -2.33. The summed E-state index contributed by atoms with van der Waals surface area (Å²) < 4.78 is 1.52. The summed E-state index contributed by atoms with van der Waals surface area (Å²) in [6.07, 6.45) is 17.0. The lowest BCUT2D eigenvalue weighted by atomic mass is 9.88. The third kappa shape index (κ3) is 12.1. The first-order chi connectivity index (χ1) is 45.8. The topological polar surface area (TPSA) is 206 Å². The van der Waals surface area contributed by atoms with Crippen LogP contribution >= 0.6 is 0 Å². The van der Waals surface area contributed by atoms with E-state index in [9.17, 15) is 24.3 Å². The Kier molecular flexibility index (Phi) is 15.8. The molecular formula is C77H68N12O5. The molecule has 12 aromatic rings. The van der Waals surface area contributed by atoms with E-state index in [0.717, 1.165) is 119 Å². The molecule has 0 spiro atoms. The van der Waals surface area contributed by atoms with Gasteiger partial charge in [-0.05, 0) is 184 Å². The lowest BCUT2D eigenvalue weighted by Crippen LogP contribution is -2.39. The molecule has 1 N–H and O–H groups in total. The number of aliphatic hydroxyl groups is 1. The van der Waals surface area contributed by atoms with Gasteiger partial charge in [0.1, 0.15) is 0 Å². The van der Waals surface area contributed by atoms with Crippen LogP contribution in [-0.2, 0) is 6.54 Å². The van der Waals surface area contributed by atoms with Crippen LogP contribution in [0.5, 0.6) is 0 Å². The molecule has 0 bridgehead atoms. The molecule has 17 nitrogen and oxygen atoms in total. The van der Waals surface area contributed by atoms with E-state index in [1.54, 1.807) is 50.9 Å². The number of amides is 3. The van der Waals surface area contributed by atoms with E-state index in [0.29, 0.717) is 87.7 Å². The third-order valence-electron chi connectivity index (χ3n) is 18.8. The van der Waals surface area contributed by atoms with E-state index in [1.165, 1.54) is 10.1 Å². The number of fused-ring (bicyclic) bond motifs is 4. The van der Waals surface area contributed by atoms with E-state index < -0.39 is 5.60 Å². The number of hydrogen-bond donors (Lipinski definition) is 1. The molecule has 6 aromatic heterocycles. The largest absolute Gasteiger partial charge is 0.389 e. The highest BCUT2D eigenvalue weighted by Gasteiger charge is 2.29. The van der Waals surface area contributed by atoms with Crippen LogP contribution < -0.4 is 5.56 Å². The minimum atomic E-state index is -1.03. The van der Waals surface area contributed by atoms with Crippen molar-refractivity contribution in [1.29, 1.82) is 0 Å². The molecule has 94 heavy (non-hydrogen) atoms. The fourth-order valence-corrected chi connectivity index (χ4v) is 13.8. The molecule has 3 aliphatic rings. The Morgan fingerprint density at radius 1 is 0.479 bits per heavy atom. The zero-order valence-corrected chi connectivity index (χ0v) is 52.4. The van der Waals surface area contributed by atoms with Crippen LogP contribution in [0.1, 0.15) is 113 Å². The summed E-state index contributed by atoms with van der Waals surface area (Å²) in [5.74, 6) is 1.33. The Labute approximate surface area is 542 Å². The van der Waals surface area contributed by atoms with Crippen molar-refractivity contribution in [3.05, 3.63) is 227 Å². The van der Waals surface area contributed by atoms with Gasteiger partial charge in [-0.2, -0.15) is 0 Å². The Morgan fingerprint density at radius 3 is 1.81 bits per heavy atom. The van der Waals surface area contributed by atoms with Crippen LogP contribution in [0.3, 0.4) is 0 Å². The van der Waals surface area contributed by atoms with Crippen LogP contribution in [0, 0.1) is 0 Å². The number of carbonyl (C=O) groups is 3. The van der Waals surface area contributed by atoms with Gasteiger partial charge < -0.3 is 24.4 Å². The second-order valence-corrected chi connectivity index (χ2v) is 25.8. The molecule has 0 saturated carbocycles. The number of pyridine rings is 3. The first-order valence-corrected chi connectivity index (χ1v) is 32.5. The molecule has 15 rings (SSSR count). The lowest BCUT2D eigenvalue weighted by molar-refractivity contribution is 0.0605. The summed E-state index contributed by atoms with van der Waals surface area (Å²) >= 11 is 0. The zero-order chi connectivity index (χ0) is 64.0. The molecule has 3 aliphatic heterocycles. The first-order valence-electron chi connectivity index (χ1n) is 32.5. The van der Waals surface area contributed by atoms with E-state index >= 15 is 0 Å². The second kappa shape index (κ2) is 25.0. The number of piperidine rings is 3. The van der Waals surface area contributed by atoms with E-state index in [1.807, 2.05) is 130 Å². The van der Waals surface area contributed by atoms with Gasteiger partial charge in [-0.25, -0.2) is 24.9 Å². The highest BCUT2D eigenvalue weighted by molar-refractivity contribution is 6.03. The van der Waals surface area contributed by atoms with E-state index in [2.05, 4.69) is 51.4 Å². The summed E-state index contributed by atoms with van der Waals surface area (Å²) in [7, 11) is 0. The van der Waals surface area contributed by atoms with Crippen LogP contribution in [0.15, 0.2) is 194 Å². The van der Waals surface area contributed by atoms with Gasteiger partial charge in [0, 0.05) is 137 Å². The monoisotopic (exact) mass is 1240 g/mol. The molecule has 6 aromatic carbocycles. The number of likely N-dealkylation sites (tertiary alicyclic amines) is 3. The van der Waals surface area contributed by atoms with Crippen molar-refractivity contribution in [2.75, 3.05) is 39.3 Å². The molecule has 3 amide bonds. The Morgan fingerprint density at radius 2 is 1.11 bits per heavy atom. The fourth-order valence-electron chi connectivity index (χ4n) is 13.8. The smallest absolute Gasteiger partial charge is 0.258 e.